The summed E-state index contributed by atoms with van der Waals surface area (Å²) in [5.41, 5.74) is 0.940. The number of carboxylic acid groups (broad SMARTS) is 1. The lowest BCUT2D eigenvalue weighted by molar-refractivity contribution is 0.0689. The molecular weight excluding hydrogens is 310 g/mol. The van der Waals surface area contributed by atoms with Gasteiger partial charge in [0, 0.05) is 6.54 Å². The average Bonchev–Trinajstić information content (AvgIpc) is 3.08. The summed E-state index contributed by atoms with van der Waals surface area (Å²) in [6.45, 7) is 3.06. The molecule has 24 heavy (non-hydrogen) atoms. The van der Waals surface area contributed by atoms with Crippen molar-refractivity contribution in [3.8, 4) is 17.4 Å². The van der Waals surface area contributed by atoms with Gasteiger partial charge in [0.05, 0.1) is 19.5 Å². The molecule has 0 atom stereocenters. The first-order valence-corrected chi connectivity index (χ1v) is 7.78. The van der Waals surface area contributed by atoms with Gasteiger partial charge in [-0.05, 0) is 43.6 Å². The van der Waals surface area contributed by atoms with Gasteiger partial charge >= 0.3 is 5.97 Å². The van der Waals surface area contributed by atoms with Crippen LogP contribution in [0.15, 0.2) is 30.6 Å². The van der Waals surface area contributed by atoms with Crippen LogP contribution in [0.4, 0.5) is 0 Å². The van der Waals surface area contributed by atoms with E-state index >= 15 is 0 Å². The molecule has 0 saturated carbocycles. The van der Waals surface area contributed by atoms with Crippen molar-refractivity contribution in [3.63, 3.8) is 0 Å². The number of hydrogen-bond acceptors (Lipinski definition) is 6. The van der Waals surface area contributed by atoms with Gasteiger partial charge in [0.1, 0.15) is 0 Å². The Hall–Kier alpha value is -2.67. The molecule has 7 nitrogen and oxygen atoms in total. The summed E-state index contributed by atoms with van der Waals surface area (Å²) in [5, 5.41) is 8.99. The summed E-state index contributed by atoms with van der Waals surface area (Å²) in [7, 11) is 1.56. The fourth-order valence-electron chi connectivity index (χ4n) is 2.71. The lowest BCUT2D eigenvalue weighted by atomic mass is 10.2. The molecule has 1 aliphatic rings. The molecule has 0 amide bonds. The Balaban J connectivity index is 1.82. The number of aromatic nitrogens is 2. The zero-order chi connectivity index (χ0) is 16.9. The van der Waals surface area contributed by atoms with Gasteiger partial charge in [-0.2, -0.15) is 0 Å². The maximum atomic E-state index is 11.0. The van der Waals surface area contributed by atoms with E-state index in [1.165, 1.54) is 25.2 Å². The fraction of sp³-hybridized carbons (Fsp3) is 0.353. The van der Waals surface area contributed by atoms with Crippen LogP contribution < -0.4 is 9.47 Å². The van der Waals surface area contributed by atoms with Crippen LogP contribution in [0.1, 0.15) is 28.9 Å². The molecule has 126 valence electrons. The Kier molecular flexibility index (Phi) is 4.90. The van der Waals surface area contributed by atoms with E-state index in [4.69, 9.17) is 14.6 Å². The van der Waals surface area contributed by atoms with E-state index in [0.717, 1.165) is 25.2 Å². The highest BCUT2D eigenvalue weighted by Gasteiger charge is 2.15. The third-order valence-corrected chi connectivity index (χ3v) is 3.88. The molecule has 1 aliphatic heterocycles. The van der Waals surface area contributed by atoms with Crippen molar-refractivity contribution in [2.45, 2.75) is 19.4 Å². The minimum absolute atomic E-state index is 0.117. The Morgan fingerprint density at radius 1 is 1.25 bits per heavy atom. The fourth-order valence-corrected chi connectivity index (χ4v) is 2.71. The highest BCUT2D eigenvalue weighted by molar-refractivity contribution is 5.84. The number of hydrogen-bond donors (Lipinski definition) is 1. The Bertz CT molecular complexity index is 730. The van der Waals surface area contributed by atoms with Crippen molar-refractivity contribution >= 4 is 5.97 Å². The smallest absolute Gasteiger partial charge is 0.356 e. The highest BCUT2D eigenvalue weighted by Crippen LogP contribution is 2.32. The normalized spacial score (nSPS) is 14.5. The van der Waals surface area contributed by atoms with Crippen molar-refractivity contribution in [3.05, 3.63) is 41.9 Å². The number of methoxy groups -OCH3 is 1. The quantitative estimate of drug-likeness (QED) is 0.871. The van der Waals surface area contributed by atoms with Crippen molar-refractivity contribution in [1.82, 2.24) is 14.9 Å². The highest BCUT2D eigenvalue weighted by atomic mass is 16.5. The average molecular weight is 329 g/mol. The number of ether oxygens (including phenoxy) is 2. The molecule has 0 spiro atoms. The number of likely N-dealkylation sites (tertiary alicyclic amines) is 1. The Morgan fingerprint density at radius 2 is 2.04 bits per heavy atom. The van der Waals surface area contributed by atoms with E-state index < -0.39 is 5.97 Å². The van der Waals surface area contributed by atoms with E-state index in [2.05, 4.69) is 14.9 Å². The third kappa shape index (κ3) is 3.80. The van der Waals surface area contributed by atoms with Crippen LogP contribution in [-0.2, 0) is 6.54 Å². The second-order valence-electron chi connectivity index (χ2n) is 5.62. The molecule has 0 radical (unpaired) electrons. The number of carboxylic acids is 1. The zero-order valence-electron chi connectivity index (χ0n) is 13.4. The minimum atomic E-state index is -1.15. The summed E-state index contributed by atoms with van der Waals surface area (Å²) in [6.07, 6.45) is 5.02. The van der Waals surface area contributed by atoms with Gasteiger partial charge < -0.3 is 14.6 Å². The molecule has 2 heterocycles. The first-order chi connectivity index (χ1) is 11.7. The van der Waals surface area contributed by atoms with E-state index in [1.807, 2.05) is 18.2 Å². The van der Waals surface area contributed by atoms with Crippen LogP contribution in [0.5, 0.6) is 17.4 Å². The van der Waals surface area contributed by atoms with Crippen molar-refractivity contribution < 1.29 is 19.4 Å². The molecule has 1 N–H and O–H groups in total. The van der Waals surface area contributed by atoms with Gasteiger partial charge in [-0.1, -0.05) is 6.07 Å². The van der Waals surface area contributed by atoms with Crippen molar-refractivity contribution in [2.75, 3.05) is 20.2 Å². The topological polar surface area (TPSA) is 84.8 Å². The van der Waals surface area contributed by atoms with Crippen molar-refractivity contribution in [2.24, 2.45) is 0 Å². The van der Waals surface area contributed by atoms with E-state index in [-0.39, 0.29) is 11.6 Å². The van der Waals surface area contributed by atoms with Gasteiger partial charge in [-0.25, -0.2) is 9.78 Å². The number of nitrogens with zero attached hydrogens (tertiary/aromatic N) is 3. The van der Waals surface area contributed by atoms with Crippen LogP contribution in [-0.4, -0.2) is 46.1 Å². The van der Waals surface area contributed by atoms with Crippen molar-refractivity contribution in [1.29, 1.82) is 0 Å². The van der Waals surface area contributed by atoms with Gasteiger partial charge in [0.2, 0.25) is 5.88 Å². The maximum absolute atomic E-state index is 11.0. The summed E-state index contributed by atoms with van der Waals surface area (Å²) in [5.74, 6) is 0.0166. The van der Waals surface area contributed by atoms with Crippen LogP contribution in [0.3, 0.4) is 0 Å². The third-order valence-electron chi connectivity index (χ3n) is 3.88. The lowest BCUT2D eigenvalue weighted by Crippen LogP contribution is -2.18. The molecule has 2 aromatic rings. The Morgan fingerprint density at radius 3 is 2.75 bits per heavy atom. The van der Waals surface area contributed by atoms with E-state index in [1.54, 1.807) is 7.11 Å². The van der Waals surface area contributed by atoms with Gasteiger partial charge in [0.15, 0.2) is 17.2 Å². The van der Waals surface area contributed by atoms with Gasteiger partial charge in [0.25, 0.3) is 0 Å². The second-order valence-corrected chi connectivity index (χ2v) is 5.62. The first kappa shape index (κ1) is 16.2. The van der Waals surface area contributed by atoms with E-state index in [0.29, 0.717) is 11.5 Å². The number of carbonyl (C=O) groups is 1. The number of aromatic carboxylic acids is 1. The lowest BCUT2D eigenvalue weighted by Gasteiger charge is -2.16. The summed E-state index contributed by atoms with van der Waals surface area (Å²) < 4.78 is 11.0. The minimum Gasteiger partial charge on any atom is -0.493 e. The SMILES string of the molecule is COc1ccc(CN2CCCC2)cc1Oc1cncc(C(=O)O)n1. The predicted octanol–water partition coefficient (Wildman–Crippen LogP) is 2.57. The largest absolute Gasteiger partial charge is 0.493 e. The molecule has 1 fully saturated rings. The molecule has 7 heteroatoms. The summed E-state index contributed by atoms with van der Waals surface area (Å²) in [6, 6.07) is 5.74. The predicted molar refractivity (Wildman–Crippen MR) is 86.6 cm³/mol. The molecule has 1 saturated heterocycles. The van der Waals surface area contributed by atoms with Crippen LogP contribution in [0, 0.1) is 0 Å². The van der Waals surface area contributed by atoms with Gasteiger partial charge in [-0.3, -0.25) is 9.88 Å². The maximum Gasteiger partial charge on any atom is 0.356 e. The molecule has 0 bridgehead atoms. The molecule has 0 aliphatic carbocycles. The zero-order valence-corrected chi connectivity index (χ0v) is 13.4. The summed E-state index contributed by atoms with van der Waals surface area (Å²) >= 11 is 0. The Labute approximate surface area is 139 Å². The molecule has 3 rings (SSSR count). The monoisotopic (exact) mass is 329 g/mol. The van der Waals surface area contributed by atoms with Crippen LogP contribution >= 0.6 is 0 Å². The second kappa shape index (κ2) is 7.27. The standard InChI is InChI=1S/C17H19N3O4/c1-23-14-5-4-12(11-20-6-2-3-7-20)8-15(14)24-16-10-18-9-13(19-16)17(21)22/h4-5,8-10H,2-3,6-7,11H2,1H3,(H,21,22). The molecular formula is C17H19N3O4. The number of benzene rings is 1. The first-order valence-electron chi connectivity index (χ1n) is 7.78. The number of rotatable bonds is 6. The molecule has 1 aromatic heterocycles. The van der Waals surface area contributed by atoms with Crippen LogP contribution in [0.25, 0.3) is 0 Å². The van der Waals surface area contributed by atoms with E-state index in [9.17, 15) is 4.79 Å². The summed E-state index contributed by atoms with van der Waals surface area (Å²) in [4.78, 5) is 21.1. The van der Waals surface area contributed by atoms with Crippen LogP contribution in [0.2, 0.25) is 0 Å². The molecule has 1 aromatic carbocycles. The molecule has 0 unspecified atom stereocenters. The van der Waals surface area contributed by atoms with Gasteiger partial charge in [-0.15, -0.1) is 0 Å².